The number of rotatable bonds is 7. The molecule has 0 spiro atoms. The van der Waals surface area contributed by atoms with Crippen LogP contribution in [0.5, 0.6) is 0 Å². The maximum atomic E-state index is 9.97. The first-order valence-corrected chi connectivity index (χ1v) is 7.55. The van der Waals surface area contributed by atoms with Crippen molar-refractivity contribution in [1.29, 1.82) is 0 Å². The van der Waals surface area contributed by atoms with Crippen molar-refractivity contribution in [1.82, 2.24) is 4.90 Å². The van der Waals surface area contributed by atoms with Crippen molar-refractivity contribution in [3.8, 4) is 0 Å². The summed E-state index contributed by atoms with van der Waals surface area (Å²) in [6, 6.07) is 21.0. The van der Waals surface area contributed by atoms with Crippen LogP contribution in [0.2, 0.25) is 0 Å². The van der Waals surface area contributed by atoms with Gasteiger partial charge in [0.15, 0.2) is 0 Å². The van der Waals surface area contributed by atoms with Gasteiger partial charge in [-0.2, -0.15) is 0 Å². The zero-order chi connectivity index (χ0) is 15.1. The molecule has 0 saturated heterocycles. The Morgan fingerprint density at radius 2 is 1.24 bits per heavy atom. The molecule has 0 saturated carbocycles. The van der Waals surface area contributed by atoms with Crippen molar-refractivity contribution in [3.05, 3.63) is 71.8 Å². The van der Waals surface area contributed by atoms with E-state index in [2.05, 4.69) is 53.4 Å². The third kappa shape index (κ3) is 6.11. The van der Waals surface area contributed by atoms with Gasteiger partial charge in [0.2, 0.25) is 0 Å². The van der Waals surface area contributed by atoms with Crippen molar-refractivity contribution in [3.63, 3.8) is 0 Å². The highest BCUT2D eigenvalue weighted by Crippen LogP contribution is 2.14. The van der Waals surface area contributed by atoms with Crippen LogP contribution in [0.4, 0.5) is 0 Å². The molecule has 0 fully saturated rings. The number of nitrogens with zero attached hydrogens (tertiary/aromatic N) is 1. The minimum atomic E-state index is -0.619. The molecular weight excluding hydrogens is 258 g/mol. The Labute approximate surface area is 128 Å². The minimum Gasteiger partial charge on any atom is -0.390 e. The Morgan fingerprint density at radius 1 is 0.810 bits per heavy atom. The molecule has 0 amide bonds. The lowest BCUT2D eigenvalue weighted by atomic mass is 10.0. The predicted molar refractivity (Wildman–Crippen MR) is 87.9 cm³/mol. The van der Waals surface area contributed by atoms with E-state index in [9.17, 15) is 5.11 Å². The highest BCUT2D eigenvalue weighted by atomic mass is 16.3. The molecule has 0 bridgehead atoms. The molecule has 21 heavy (non-hydrogen) atoms. The van der Waals surface area contributed by atoms with Crippen LogP contribution in [-0.2, 0) is 13.1 Å². The zero-order valence-electron chi connectivity index (χ0n) is 13.0. The van der Waals surface area contributed by atoms with Crippen LogP contribution in [0.3, 0.4) is 0 Å². The Kier molecular flexibility index (Phi) is 5.54. The van der Waals surface area contributed by atoms with Crippen molar-refractivity contribution >= 4 is 0 Å². The van der Waals surface area contributed by atoms with E-state index in [1.807, 2.05) is 26.0 Å². The van der Waals surface area contributed by atoms with Crippen LogP contribution in [0.1, 0.15) is 31.4 Å². The van der Waals surface area contributed by atoms with Crippen molar-refractivity contribution in [2.75, 3.05) is 6.54 Å². The molecule has 2 aromatic carbocycles. The maximum absolute atomic E-state index is 9.97. The quantitative estimate of drug-likeness (QED) is 0.834. The second-order valence-electron chi connectivity index (χ2n) is 6.24. The van der Waals surface area contributed by atoms with Gasteiger partial charge in [0.1, 0.15) is 0 Å². The maximum Gasteiger partial charge on any atom is 0.0603 e. The third-order valence-corrected chi connectivity index (χ3v) is 3.54. The van der Waals surface area contributed by atoms with Gasteiger partial charge in [0, 0.05) is 19.6 Å². The van der Waals surface area contributed by atoms with Gasteiger partial charge < -0.3 is 5.11 Å². The van der Waals surface area contributed by atoms with Crippen molar-refractivity contribution < 1.29 is 5.11 Å². The normalized spacial score (nSPS) is 11.8. The summed E-state index contributed by atoms with van der Waals surface area (Å²) in [5.74, 6) is 0. The molecule has 1 N–H and O–H groups in total. The van der Waals surface area contributed by atoms with Crippen molar-refractivity contribution in [2.45, 2.75) is 39.0 Å². The summed E-state index contributed by atoms with van der Waals surface area (Å²) in [4.78, 5) is 2.39. The van der Waals surface area contributed by atoms with Crippen LogP contribution < -0.4 is 0 Å². The first-order chi connectivity index (χ1) is 10.0. The summed E-state index contributed by atoms with van der Waals surface area (Å²) in [6.07, 6.45) is 0.771. The average Bonchev–Trinajstić information content (AvgIpc) is 2.46. The van der Waals surface area contributed by atoms with E-state index >= 15 is 0 Å². The standard InChI is InChI=1S/C19H25NO/c1-19(2,21)13-14-20(15-17-9-5-3-6-10-17)16-18-11-7-4-8-12-18/h3-12,21H,13-16H2,1-2H3. The van der Waals surface area contributed by atoms with E-state index in [-0.39, 0.29) is 0 Å². The van der Waals surface area contributed by atoms with E-state index in [1.54, 1.807) is 0 Å². The number of benzene rings is 2. The highest BCUT2D eigenvalue weighted by molar-refractivity contribution is 5.17. The van der Waals surface area contributed by atoms with Crippen LogP contribution in [0.25, 0.3) is 0 Å². The molecule has 2 aromatic rings. The molecular formula is C19H25NO. The molecule has 0 aliphatic carbocycles. The number of hydrogen-bond donors (Lipinski definition) is 1. The predicted octanol–water partition coefficient (Wildman–Crippen LogP) is 3.85. The average molecular weight is 283 g/mol. The summed E-state index contributed by atoms with van der Waals surface area (Å²) in [5, 5.41) is 9.97. The molecule has 2 nitrogen and oxygen atoms in total. The summed E-state index contributed by atoms with van der Waals surface area (Å²) in [6.45, 7) is 6.44. The molecule has 2 rings (SSSR count). The molecule has 0 atom stereocenters. The minimum absolute atomic E-state index is 0.619. The fourth-order valence-corrected chi connectivity index (χ4v) is 2.33. The van der Waals surface area contributed by atoms with Crippen LogP contribution >= 0.6 is 0 Å². The zero-order valence-corrected chi connectivity index (χ0v) is 13.0. The first-order valence-electron chi connectivity index (χ1n) is 7.55. The second-order valence-corrected chi connectivity index (χ2v) is 6.24. The molecule has 0 radical (unpaired) electrons. The summed E-state index contributed by atoms with van der Waals surface area (Å²) < 4.78 is 0. The summed E-state index contributed by atoms with van der Waals surface area (Å²) in [7, 11) is 0. The van der Waals surface area contributed by atoms with E-state index in [4.69, 9.17) is 0 Å². The molecule has 2 heteroatoms. The van der Waals surface area contributed by atoms with E-state index < -0.39 is 5.60 Å². The van der Waals surface area contributed by atoms with E-state index in [0.29, 0.717) is 0 Å². The van der Waals surface area contributed by atoms with Crippen LogP contribution in [-0.4, -0.2) is 22.2 Å². The monoisotopic (exact) mass is 283 g/mol. The smallest absolute Gasteiger partial charge is 0.0603 e. The van der Waals surface area contributed by atoms with Crippen LogP contribution in [0, 0.1) is 0 Å². The van der Waals surface area contributed by atoms with Gasteiger partial charge in [0.25, 0.3) is 0 Å². The SMILES string of the molecule is CC(C)(O)CCN(Cc1ccccc1)Cc1ccccc1. The molecule has 0 unspecified atom stereocenters. The molecule has 0 aliphatic heterocycles. The van der Waals surface area contributed by atoms with Gasteiger partial charge >= 0.3 is 0 Å². The van der Waals surface area contributed by atoms with Gasteiger partial charge in [-0.15, -0.1) is 0 Å². The van der Waals surface area contributed by atoms with Crippen molar-refractivity contribution in [2.24, 2.45) is 0 Å². The largest absolute Gasteiger partial charge is 0.390 e. The Hall–Kier alpha value is -1.64. The number of aliphatic hydroxyl groups is 1. The van der Waals surface area contributed by atoms with Gasteiger partial charge in [-0.3, -0.25) is 4.90 Å². The summed E-state index contributed by atoms with van der Waals surface area (Å²) in [5.41, 5.74) is 2.00. The lowest BCUT2D eigenvalue weighted by molar-refractivity contribution is 0.0553. The van der Waals surface area contributed by atoms with Crippen LogP contribution in [0.15, 0.2) is 60.7 Å². The summed E-state index contributed by atoms with van der Waals surface area (Å²) >= 11 is 0. The Bertz CT molecular complexity index is 475. The fraction of sp³-hybridized carbons (Fsp3) is 0.368. The molecule has 0 aliphatic rings. The molecule has 0 aromatic heterocycles. The lowest BCUT2D eigenvalue weighted by Crippen LogP contribution is -2.30. The number of hydrogen-bond acceptors (Lipinski definition) is 2. The second kappa shape index (κ2) is 7.39. The topological polar surface area (TPSA) is 23.5 Å². The van der Waals surface area contributed by atoms with E-state index in [1.165, 1.54) is 11.1 Å². The third-order valence-electron chi connectivity index (χ3n) is 3.54. The van der Waals surface area contributed by atoms with E-state index in [0.717, 1.165) is 26.1 Å². The molecule has 112 valence electrons. The van der Waals surface area contributed by atoms with Gasteiger partial charge in [-0.25, -0.2) is 0 Å². The lowest BCUT2D eigenvalue weighted by Gasteiger charge is -2.26. The molecule has 0 heterocycles. The van der Waals surface area contributed by atoms with Gasteiger partial charge in [-0.1, -0.05) is 60.7 Å². The fourth-order valence-electron chi connectivity index (χ4n) is 2.33. The Balaban J connectivity index is 2.03. The van der Waals surface area contributed by atoms with Gasteiger partial charge in [-0.05, 0) is 31.4 Å². The van der Waals surface area contributed by atoms with Gasteiger partial charge in [0.05, 0.1) is 5.60 Å². The first kappa shape index (κ1) is 15.7. The Morgan fingerprint density at radius 3 is 1.62 bits per heavy atom. The highest BCUT2D eigenvalue weighted by Gasteiger charge is 2.15.